The van der Waals surface area contributed by atoms with Crippen molar-refractivity contribution in [3.63, 3.8) is 0 Å². The molecule has 0 aliphatic heterocycles. The van der Waals surface area contributed by atoms with E-state index < -0.39 is 0 Å². The Balaban J connectivity index is 2.46. The molecule has 1 heterocycles. The second kappa shape index (κ2) is 5.74. The number of rotatable bonds is 3. The maximum absolute atomic E-state index is 6.31. The van der Waals surface area contributed by atoms with Crippen LogP contribution in [-0.4, -0.2) is 7.11 Å². The van der Waals surface area contributed by atoms with Crippen molar-refractivity contribution in [2.75, 3.05) is 7.11 Å². The second-order valence-corrected chi connectivity index (χ2v) is 7.31. The fourth-order valence-electron chi connectivity index (χ4n) is 1.74. The van der Waals surface area contributed by atoms with Gasteiger partial charge in [-0.3, -0.25) is 0 Å². The molecule has 1 atom stereocenters. The molecule has 0 saturated heterocycles. The van der Waals surface area contributed by atoms with Gasteiger partial charge in [0, 0.05) is 14.9 Å². The fraction of sp³-hybridized carbons (Fsp3) is 0.231. The predicted octanol–water partition coefficient (Wildman–Crippen LogP) is 4.64. The largest absolute Gasteiger partial charge is 0.496 e. The first-order chi connectivity index (χ1) is 8.52. The highest BCUT2D eigenvalue weighted by Gasteiger charge is 2.17. The lowest BCUT2D eigenvalue weighted by atomic mass is 10.0. The third-order valence-corrected chi connectivity index (χ3v) is 5.31. The minimum absolute atomic E-state index is 0.173. The van der Waals surface area contributed by atoms with Crippen LogP contribution in [0.25, 0.3) is 0 Å². The van der Waals surface area contributed by atoms with Gasteiger partial charge < -0.3 is 10.5 Å². The molecule has 18 heavy (non-hydrogen) atoms. The molecule has 0 radical (unpaired) electrons. The Morgan fingerprint density at radius 3 is 2.56 bits per heavy atom. The van der Waals surface area contributed by atoms with Crippen LogP contribution in [0.1, 0.15) is 22.0 Å². The summed E-state index contributed by atoms with van der Waals surface area (Å²) in [5, 5.41) is 0. The highest BCUT2D eigenvalue weighted by molar-refractivity contribution is 9.11. The van der Waals surface area contributed by atoms with E-state index in [1.807, 2.05) is 31.2 Å². The zero-order chi connectivity index (χ0) is 13.3. The summed E-state index contributed by atoms with van der Waals surface area (Å²) in [5.41, 5.74) is 8.44. The summed E-state index contributed by atoms with van der Waals surface area (Å²) in [6.07, 6.45) is 0. The first kappa shape index (κ1) is 14.1. The molecular weight excluding hydrogens is 378 g/mol. The molecule has 0 spiro atoms. The van der Waals surface area contributed by atoms with Gasteiger partial charge >= 0.3 is 0 Å². The van der Waals surface area contributed by atoms with Crippen LogP contribution in [0, 0.1) is 6.92 Å². The molecule has 0 fully saturated rings. The van der Waals surface area contributed by atoms with E-state index in [2.05, 4.69) is 31.9 Å². The first-order valence-corrected chi connectivity index (χ1v) is 7.78. The number of hydrogen-bond acceptors (Lipinski definition) is 3. The van der Waals surface area contributed by atoms with Crippen molar-refractivity contribution in [3.8, 4) is 5.75 Å². The van der Waals surface area contributed by atoms with Gasteiger partial charge in [-0.05, 0) is 52.7 Å². The van der Waals surface area contributed by atoms with Gasteiger partial charge in [-0.1, -0.05) is 15.9 Å². The van der Waals surface area contributed by atoms with Crippen molar-refractivity contribution in [2.45, 2.75) is 13.0 Å². The highest BCUT2D eigenvalue weighted by Crippen LogP contribution is 2.36. The Hall–Kier alpha value is -0.360. The van der Waals surface area contributed by atoms with Crippen molar-refractivity contribution < 1.29 is 4.74 Å². The molecule has 2 nitrogen and oxygen atoms in total. The van der Waals surface area contributed by atoms with Crippen molar-refractivity contribution in [2.24, 2.45) is 5.73 Å². The average Bonchev–Trinajstić information content (AvgIpc) is 2.78. The summed E-state index contributed by atoms with van der Waals surface area (Å²) in [7, 11) is 1.67. The molecular formula is C13H13Br2NOS. The first-order valence-electron chi connectivity index (χ1n) is 5.37. The summed E-state index contributed by atoms with van der Waals surface area (Å²) >= 11 is 8.64. The average molecular weight is 391 g/mol. The lowest BCUT2D eigenvalue weighted by Gasteiger charge is -2.16. The maximum Gasteiger partial charge on any atom is 0.124 e. The van der Waals surface area contributed by atoms with Crippen LogP contribution >= 0.6 is 43.2 Å². The van der Waals surface area contributed by atoms with Gasteiger partial charge in [-0.15, -0.1) is 11.3 Å². The minimum atomic E-state index is -0.173. The van der Waals surface area contributed by atoms with Crippen LogP contribution in [0.5, 0.6) is 5.75 Å². The number of nitrogens with two attached hydrogens (primary N) is 1. The Morgan fingerprint density at radius 1 is 1.28 bits per heavy atom. The molecule has 1 aromatic heterocycles. The van der Waals surface area contributed by atoms with E-state index in [0.29, 0.717) is 0 Å². The van der Waals surface area contributed by atoms with Crippen LogP contribution < -0.4 is 10.5 Å². The monoisotopic (exact) mass is 389 g/mol. The van der Waals surface area contributed by atoms with Crippen LogP contribution in [0.15, 0.2) is 32.5 Å². The summed E-state index contributed by atoms with van der Waals surface area (Å²) in [5.74, 6) is 0.827. The molecule has 0 aliphatic rings. The third kappa shape index (κ3) is 2.79. The normalized spacial score (nSPS) is 12.5. The Bertz CT molecular complexity index is 568. The van der Waals surface area contributed by atoms with Crippen molar-refractivity contribution >= 4 is 43.2 Å². The Kier molecular flexibility index (Phi) is 4.48. The van der Waals surface area contributed by atoms with E-state index in [0.717, 1.165) is 30.0 Å². The quantitative estimate of drug-likeness (QED) is 0.828. The topological polar surface area (TPSA) is 35.2 Å². The standard InChI is InChI=1S/C13H13Br2NOS/c1-7-5-10(17-2)8(6-9(7)14)13(16)11-3-4-12(15)18-11/h3-6,13H,16H2,1-2H3. The van der Waals surface area contributed by atoms with E-state index >= 15 is 0 Å². The molecule has 1 aromatic carbocycles. The van der Waals surface area contributed by atoms with Gasteiger partial charge in [-0.25, -0.2) is 0 Å². The van der Waals surface area contributed by atoms with Gasteiger partial charge in [0.15, 0.2) is 0 Å². The lowest BCUT2D eigenvalue weighted by Crippen LogP contribution is -2.12. The number of thiophene rings is 1. The van der Waals surface area contributed by atoms with Crippen LogP contribution in [-0.2, 0) is 0 Å². The van der Waals surface area contributed by atoms with Crippen molar-refractivity contribution in [1.82, 2.24) is 0 Å². The van der Waals surface area contributed by atoms with Gasteiger partial charge in [0.2, 0.25) is 0 Å². The number of halogens is 2. The maximum atomic E-state index is 6.31. The fourth-order valence-corrected chi connectivity index (χ4v) is 3.54. The SMILES string of the molecule is COc1cc(C)c(Br)cc1C(N)c1ccc(Br)s1. The smallest absolute Gasteiger partial charge is 0.124 e. The molecule has 0 aliphatic carbocycles. The summed E-state index contributed by atoms with van der Waals surface area (Å²) in [6, 6.07) is 7.91. The predicted molar refractivity (Wildman–Crippen MR) is 83.5 cm³/mol. The lowest BCUT2D eigenvalue weighted by molar-refractivity contribution is 0.407. The van der Waals surface area contributed by atoms with Gasteiger partial charge in [0.1, 0.15) is 5.75 Å². The van der Waals surface area contributed by atoms with Crippen LogP contribution in [0.4, 0.5) is 0 Å². The van der Waals surface area contributed by atoms with Gasteiger partial charge in [-0.2, -0.15) is 0 Å². The number of aryl methyl sites for hydroxylation is 1. The molecule has 0 saturated carbocycles. The molecule has 2 N–H and O–H groups in total. The molecule has 2 rings (SSSR count). The summed E-state index contributed by atoms with van der Waals surface area (Å²) < 4.78 is 7.55. The Morgan fingerprint density at radius 2 is 2.00 bits per heavy atom. The van der Waals surface area contributed by atoms with Crippen LogP contribution in [0.3, 0.4) is 0 Å². The molecule has 2 aromatic rings. The summed E-state index contributed by atoms with van der Waals surface area (Å²) in [4.78, 5) is 1.11. The number of hydrogen-bond donors (Lipinski definition) is 1. The van der Waals surface area contributed by atoms with Crippen molar-refractivity contribution in [1.29, 1.82) is 0 Å². The van der Waals surface area contributed by atoms with E-state index in [-0.39, 0.29) is 6.04 Å². The molecule has 0 bridgehead atoms. The minimum Gasteiger partial charge on any atom is -0.496 e. The molecule has 1 unspecified atom stereocenters. The second-order valence-electron chi connectivity index (χ2n) is 3.96. The highest BCUT2D eigenvalue weighted by atomic mass is 79.9. The van der Waals surface area contributed by atoms with Gasteiger partial charge in [0.25, 0.3) is 0 Å². The number of methoxy groups -OCH3 is 1. The molecule has 0 amide bonds. The number of benzene rings is 1. The third-order valence-electron chi connectivity index (χ3n) is 2.75. The van der Waals surface area contributed by atoms with Gasteiger partial charge in [0.05, 0.1) is 16.9 Å². The van der Waals surface area contributed by atoms with E-state index in [9.17, 15) is 0 Å². The van der Waals surface area contributed by atoms with E-state index in [4.69, 9.17) is 10.5 Å². The molecule has 5 heteroatoms. The zero-order valence-corrected chi connectivity index (χ0v) is 14.0. The van der Waals surface area contributed by atoms with Crippen LogP contribution in [0.2, 0.25) is 0 Å². The number of ether oxygens (including phenoxy) is 1. The van der Waals surface area contributed by atoms with E-state index in [1.54, 1.807) is 18.4 Å². The zero-order valence-electron chi connectivity index (χ0n) is 10.0. The molecule has 96 valence electrons. The van der Waals surface area contributed by atoms with E-state index in [1.165, 1.54) is 0 Å². The summed E-state index contributed by atoms with van der Waals surface area (Å²) in [6.45, 7) is 2.03. The Labute approximate surface area is 127 Å². The van der Waals surface area contributed by atoms with Crippen molar-refractivity contribution in [3.05, 3.63) is 48.5 Å².